The number of carbonyl (C=O) groups excluding carboxylic acids is 1. The molecule has 0 saturated heterocycles. The minimum Gasteiger partial charge on any atom is -0.507 e. The average Bonchev–Trinajstić information content (AvgIpc) is 2.78. The van der Waals surface area contributed by atoms with E-state index in [-0.39, 0.29) is 5.75 Å². The standard InChI is InChI=1S/C25H20O4/c1-28-19-12-13-20-21(14-19)24(22(15-23(20)26)25(27)29-2)18-10-8-17(9-11-18)16-6-4-3-5-7-16/h3-15,26H,1-2H3. The molecule has 4 nitrogen and oxygen atoms in total. The zero-order valence-electron chi connectivity index (χ0n) is 16.2. The molecule has 0 spiro atoms. The first kappa shape index (κ1) is 18.6. The quantitative estimate of drug-likeness (QED) is 0.460. The maximum absolute atomic E-state index is 12.5. The van der Waals surface area contributed by atoms with Crippen molar-refractivity contribution in [3.63, 3.8) is 0 Å². The van der Waals surface area contributed by atoms with Crippen molar-refractivity contribution in [2.75, 3.05) is 14.2 Å². The number of hydrogen-bond acceptors (Lipinski definition) is 4. The number of phenolic OH excluding ortho intramolecular Hbond substituents is 1. The summed E-state index contributed by atoms with van der Waals surface area (Å²) in [5.41, 5.74) is 4.05. The van der Waals surface area contributed by atoms with Crippen molar-refractivity contribution in [2.45, 2.75) is 0 Å². The molecule has 4 aromatic rings. The van der Waals surface area contributed by atoms with Crippen LogP contribution in [0.15, 0.2) is 78.9 Å². The van der Waals surface area contributed by atoms with E-state index in [1.54, 1.807) is 19.2 Å². The molecule has 0 saturated carbocycles. The van der Waals surface area contributed by atoms with Gasteiger partial charge in [0.15, 0.2) is 0 Å². The summed E-state index contributed by atoms with van der Waals surface area (Å²) in [5, 5.41) is 11.8. The Kier molecular flexibility index (Phi) is 4.92. The molecule has 0 atom stereocenters. The number of rotatable bonds is 4. The third-order valence-corrected chi connectivity index (χ3v) is 5.01. The summed E-state index contributed by atoms with van der Waals surface area (Å²) >= 11 is 0. The van der Waals surface area contributed by atoms with Crippen molar-refractivity contribution in [2.24, 2.45) is 0 Å². The lowest BCUT2D eigenvalue weighted by molar-refractivity contribution is 0.0601. The second-order valence-corrected chi connectivity index (χ2v) is 6.66. The molecule has 0 amide bonds. The largest absolute Gasteiger partial charge is 0.507 e. The van der Waals surface area contributed by atoms with Gasteiger partial charge in [-0.2, -0.15) is 0 Å². The number of hydrogen-bond donors (Lipinski definition) is 1. The Labute approximate surface area is 169 Å². The minimum atomic E-state index is -0.507. The second kappa shape index (κ2) is 7.68. The van der Waals surface area contributed by atoms with Gasteiger partial charge in [-0.1, -0.05) is 54.6 Å². The van der Waals surface area contributed by atoms with Gasteiger partial charge in [0.2, 0.25) is 0 Å². The van der Waals surface area contributed by atoms with Crippen molar-refractivity contribution >= 4 is 16.7 Å². The summed E-state index contributed by atoms with van der Waals surface area (Å²) in [6.45, 7) is 0. The van der Waals surface area contributed by atoms with Gasteiger partial charge in [0, 0.05) is 10.9 Å². The molecule has 0 fully saturated rings. The highest BCUT2D eigenvalue weighted by Crippen LogP contribution is 2.40. The molecule has 4 aromatic carbocycles. The highest BCUT2D eigenvalue weighted by Gasteiger charge is 2.20. The SMILES string of the molecule is COC(=O)c1cc(O)c2ccc(OC)cc2c1-c1ccc(-c2ccccc2)cc1. The molecule has 0 radical (unpaired) electrons. The highest BCUT2D eigenvalue weighted by atomic mass is 16.5. The monoisotopic (exact) mass is 384 g/mol. The molecule has 0 aliphatic rings. The number of aromatic hydroxyl groups is 1. The average molecular weight is 384 g/mol. The predicted molar refractivity (Wildman–Crippen MR) is 114 cm³/mol. The van der Waals surface area contributed by atoms with Crippen LogP contribution in [-0.2, 0) is 4.74 Å². The summed E-state index contributed by atoms with van der Waals surface area (Å²) in [4.78, 5) is 12.5. The van der Waals surface area contributed by atoms with Gasteiger partial charge < -0.3 is 14.6 Å². The molecule has 0 bridgehead atoms. The molecule has 29 heavy (non-hydrogen) atoms. The van der Waals surface area contributed by atoms with Crippen LogP contribution in [0.5, 0.6) is 11.5 Å². The van der Waals surface area contributed by atoms with Gasteiger partial charge in [-0.25, -0.2) is 4.79 Å². The first-order valence-corrected chi connectivity index (χ1v) is 9.20. The summed E-state index contributed by atoms with van der Waals surface area (Å²) in [5.74, 6) is 0.154. The lowest BCUT2D eigenvalue weighted by Crippen LogP contribution is -2.04. The van der Waals surface area contributed by atoms with Crippen LogP contribution in [0, 0.1) is 0 Å². The number of phenols is 1. The lowest BCUT2D eigenvalue weighted by atomic mass is 9.91. The van der Waals surface area contributed by atoms with E-state index < -0.39 is 5.97 Å². The normalized spacial score (nSPS) is 10.7. The molecule has 0 unspecified atom stereocenters. The fraction of sp³-hybridized carbons (Fsp3) is 0.0800. The third-order valence-electron chi connectivity index (χ3n) is 5.01. The van der Waals surface area contributed by atoms with Gasteiger partial charge >= 0.3 is 5.97 Å². The van der Waals surface area contributed by atoms with Crippen LogP contribution < -0.4 is 4.74 Å². The van der Waals surface area contributed by atoms with Gasteiger partial charge in [0.25, 0.3) is 0 Å². The molecule has 1 N–H and O–H groups in total. The number of fused-ring (bicyclic) bond motifs is 1. The molecule has 0 aromatic heterocycles. The predicted octanol–water partition coefficient (Wildman–Crippen LogP) is 5.67. The maximum atomic E-state index is 12.5. The molecule has 4 rings (SSSR count). The van der Waals surface area contributed by atoms with E-state index in [9.17, 15) is 9.90 Å². The molecule has 0 heterocycles. The van der Waals surface area contributed by atoms with Crippen LogP contribution in [0.25, 0.3) is 33.0 Å². The van der Waals surface area contributed by atoms with E-state index >= 15 is 0 Å². The smallest absolute Gasteiger partial charge is 0.338 e. The topological polar surface area (TPSA) is 55.8 Å². The zero-order chi connectivity index (χ0) is 20.4. The van der Waals surface area contributed by atoms with Crippen molar-refractivity contribution in [1.29, 1.82) is 0 Å². The second-order valence-electron chi connectivity index (χ2n) is 6.66. The van der Waals surface area contributed by atoms with Gasteiger partial charge in [-0.3, -0.25) is 0 Å². The van der Waals surface area contributed by atoms with Crippen molar-refractivity contribution in [3.05, 3.63) is 84.4 Å². The Bertz CT molecular complexity index is 1180. The first-order chi connectivity index (χ1) is 14.1. The fourth-order valence-corrected chi connectivity index (χ4v) is 3.55. The first-order valence-electron chi connectivity index (χ1n) is 9.20. The Balaban J connectivity index is 1.95. The molecule has 0 aliphatic carbocycles. The van der Waals surface area contributed by atoms with Crippen molar-refractivity contribution < 1.29 is 19.4 Å². The van der Waals surface area contributed by atoms with E-state index in [1.807, 2.05) is 48.5 Å². The molecule has 0 aliphatic heterocycles. The summed E-state index contributed by atoms with van der Waals surface area (Å²) in [7, 11) is 2.91. The van der Waals surface area contributed by atoms with Crippen molar-refractivity contribution in [3.8, 4) is 33.8 Å². The Morgan fingerprint density at radius 3 is 2.07 bits per heavy atom. The van der Waals surface area contributed by atoms with Crippen LogP contribution in [-0.4, -0.2) is 25.3 Å². The van der Waals surface area contributed by atoms with Gasteiger partial charge in [-0.15, -0.1) is 0 Å². The summed E-state index contributed by atoms with van der Waals surface area (Å²) in [6.07, 6.45) is 0. The fourth-order valence-electron chi connectivity index (χ4n) is 3.55. The van der Waals surface area contributed by atoms with Gasteiger partial charge in [0.05, 0.1) is 19.8 Å². The van der Waals surface area contributed by atoms with E-state index in [1.165, 1.54) is 13.2 Å². The Morgan fingerprint density at radius 2 is 1.41 bits per heavy atom. The molecule has 4 heteroatoms. The van der Waals surface area contributed by atoms with Gasteiger partial charge in [-0.05, 0) is 46.3 Å². The van der Waals surface area contributed by atoms with E-state index in [4.69, 9.17) is 9.47 Å². The molecule has 144 valence electrons. The number of ether oxygens (including phenoxy) is 2. The van der Waals surface area contributed by atoms with Crippen LogP contribution in [0.1, 0.15) is 10.4 Å². The number of carbonyl (C=O) groups is 1. The van der Waals surface area contributed by atoms with Crippen LogP contribution in [0.4, 0.5) is 0 Å². The van der Waals surface area contributed by atoms with E-state index in [0.29, 0.717) is 22.3 Å². The number of esters is 1. The van der Waals surface area contributed by atoms with Crippen LogP contribution >= 0.6 is 0 Å². The summed E-state index contributed by atoms with van der Waals surface area (Å²) < 4.78 is 10.3. The lowest BCUT2D eigenvalue weighted by Gasteiger charge is -2.15. The van der Waals surface area contributed by atoms with E-state index in [2.05, 4.69) is 12.1 Å². The third kappa shape index (κ3) is 3.41. The van der Waals surface area contributed by atoms with Crippen molar-refractivity contribution in [1.82, 2.24) is 0 Å². The Hall–Kier alpha value is -3.79. The molecular weight excluding hydrogens is 364 g/mol. The Morgan fingerprint density at radius 1 is 0.759 bits per heavy atom. The van der Waals surface area contributed by atoms with Crippen LogP contribution in [0.3, 0.4) is 0 Å². The molecular formula is C25H20O4. The van der Waals surface area contributed by atoms with E-state index in [0.717, 1.165) is 22.1 Å². The number of benzene rings is 4. The van der Waals surface area contributed by atoms with Gasteiger partial charge in [0.1, 0.15) is 11.5 Å². The maximum Gasteiger partial charge on any atom is 0.338 e. The summed E-state index contributed by atoms with van der Waals surface area (Å²) in [6, 6.07) is 24.9. The van der Waals surface area contributed by atoms with Crippen LogP contribution in [0.2, 0.25) is 0 Å². The minimum absolute atomic E-state index is 0.0210. The highest BCUT2D eigenvalue weighted by molar-refractivity contribution is 6.10. The number of methoxy groups -OCH3 is 2. The zero-order valence-corrected chi connectivity index (χ0v) is 16.2.